The molecule has 26 heavy (non-hydrogen) atoms. The molecule has 0 unspecified atom stereocenters. The zero-order valence-corrected chi connectivity index (χ0v) is 15.2. The summed E-state index contributed by atoms with van der Waals surface area (Å²) in [4.78, 5) is 14.2. The van der Waals surface area contributed by atoms with Gasteiger partial charge in [0.05, 0.1) is 0 Å². The number of rotatable bonds is 6. The third-order valence-corrected chi connectivity index (χ3v) is 4.57. The van der Waals surface area contributed by atoms with Crippen LogP contribution in [0.5, 0.6) is 0 Å². The van der Waals surface area contributed by atoms with Crippen LogP contribution in [0.2, 0.25) is 0 Å². The Bertz CT molecular complexity index is 785. The van der Waals surface area contributed by atoms with Crippen LogP contribution in [-0.2, 0) is 11.3 Å². The lowest BCUT2D eigenvalue weighted by molar-refractivity contribution is -0.115. The molecule has 1 saturated carbocycles. The van der Waals surface area contributed by atoms with Crippen molar-refractivity contribution in [3.05, 3.63) is 77.6 Å². The summed E-state index contributed by atoms with van der Waals surface area (Å²) < 4.78 is 12.9. The van der Waals surface area contributed by atoms with Gasteiger partial charge in [-0.25, -0.2) is 4.39 Å². The SMILES string of the molecule is O=C(/C=C/c1ccc(F)cc1)NC(=S)N(Cc1ccccc1)CC1CC1. The van der Waals surface area contributed by atoms with E-state index in [4.69, 9.17) is 12.2 Å². The van der Waals surface area contributed by atoms with E-state index in [0.717, 1.165) is 17.7 Å². The second-order valence-electron chi connectivity index (χ2n) is 6.49. The minimum absolute atomic E-state index is 0.284. The summed E-state index contributed by atoms with van der Waals surface area (Å²) in [5.41, 5.74) is 1.91. The topological polar surface area (TPSA) is 32.3 Å². The van der Waals surface area contributed by atoms with Gasteiger partial charge >= 0.3 is 0 Å². The highest BCUT2D eigenvalue weighted by Gasteiger charge is 2.25. The molecule has 1 fully saturated rings. The lowest BCUT2D eigenvalue weighted by Gasteiger charge is -2.25. The highest BCUT2D eigenvalue weighted by atomic mass is 32.1. The maximum Gasteiger partial charge on any atom is 0.250 e. The molecule has 134 valence electrons. The molecule has 5 heteroatoms. The number of hydrogen-bond acceptors (Lipinski definition) is 2. The third-order valence-electron chi connectivity index (χ3n) is 4.21. The molecule has 0 spiro atoms. The highest BCUT2D eigenvalue weighted by molar-refractivity contribution is 7.80. The van der Waals surface area contributed by atoms with Crippen molar-refractivity contribution in [1.29, 1.82) is 0 Å². The fourth-order valence-corrected chi connectivity index (χ4v) is 2.85. The molecule has 3 nitrogen and oxygen atoms in total. The minimum atomic E-state index is -0.301. The van der Waals surface area contributed by atoms with Crippen LogP contribution in [0.3, 0.4) is 0 Å². The normalized spacial score (nSPS) is 13.6. The molecule has 1 aliphatic rings. The van der Waals surface area contributed by atoms with Crippen molar-refractivity contribution >= 4 is 29.3 Å². The molecule has 0 heterocycles. The Morgan fingerprint density at radius 2 is 1.85 bits per heavy atom. The van der Waals surface area contributed by atoms with Crippen molar-refractivity contribution in [2.75, 3.05) is 6.54 Å². The maximum absolute atomic E-state index is 12.9. The lowest BCUT2D eigenvalue weighted by atomic mass is 10.2. The van der Waals surface area contributed by atoms with Crippen molar-refractivity contribution in [3.8, 4) is 0 Å². The number of benzene rings is 2. The molecule has 0 aliphatic heterocycles. The summed E-state index contributed by atoms with van der Waals surface area (Å²) in [6, 6.07) is 16.0. The Balaban J connectivity index is 1.59. The van der Waals surface area contributed by atoms with Gasteiger partial charge in [0.2, 0.25) is 5.91 Å². The lowest BCUT2D eigenvalue weighted by Crippen LogP contribution is -2.42. The Labute approximate surface area is 158 Å². The van der Waals surface area contributed by atoms with Crippen LogP contribution in [0, 0.1) is 11.7 Å². The van der Waals surface area contributed by atoms with E-state index in [2.05, 4.69) is 17.4 Å². The van der Waals surface area contributed by atoms with E-state index >= 15 is 0 Å². The molecule has 2 aromatic rings. The third kappa shape index (κ3) is 5.77. The Hall–Kier alpha value is -2.53. The Morgan fingerprint density at radius 3 is 2.50 bits per heavy atom. The first-order valence-electron chi connectivity index (χ1n) is 8.67. The van der Waals surface area contributed by atoms with Gasteiger partial charge in [0.25, 0.3) is 0 Å². The molecule has 0 bridgehead atoms. The monoisotopic (exact) mass is 368 g/mol. The van der Waals surface area contributed by atoms with Gasteiger partial charge in [-0.15, -0.1) is 0 Å². The molecule has 1 aliphatic carbocycles. The van der Waals surface area contributed by atoms with Crippen LogP contribution in [0.25, 0.3) is 6.08 Å². The maximum atomic E-state index is 12.9. The summed E-state index contributed by atoms with van der Waals surface area (Å²) >= 11 is 5.46. The van der Waals surface area contributed by atoms with Gasteiger partial charge < -0.3 is 4.90 Å². The number of amides is 1. The van der Waals surface area contributed by atoms with Crippen LogP contribution in [0.15, 0.2) is 60.7 Å². The van der Waals surface area contributed by atoms with Gasteiger partial charge in [-0.05, 0) is 60.3 Å². The van der Waals surface area contributed by atoms with E-state index in [-0.39, 0.29) is 11.7 Å². The number of carbonyl (C=O) groups excluding carboxylic acids is 1. The smallest absolute Gasteiger partial charge is 0.250 e. The zero-order valence-electron chi connectivity index (χ0n) is 14.4. The molecule has 1 N–H and O–H groups in total. The number of nitrogens with one attached hydrogen (secondary N) is 1. The fraction of sp³-hybridized carbons (Fsp3) is 0.238. The van der Waals surface area contributed by atoms with E-state index in [1.54, 1.807) is 18.2 Å². The van der Waals surface area contributed by atoms with E-state index in [1.165, 1.54) is 31.1 Å². The second-order valence-corrected chi connectivity index (χ2v) is 6.88. The fourth-order valence-electron chi connectivity index (χ4n) is 2.61. The summed E-state index contributed by atoms with van der Waals surface area (Å²) in [6.45, 7) is 1.54. The van der Waals surface area contributed by atoms with Crippen molar-refractivity contribution < 1.29 is 9.18 Å². The van der Waals surface area contributed by atoms with Crippen molar-refractivity contribution in [2.45, 2.75) is 19.4 Å². The van der Waals surface area contributed by atoms with Crippen LogP contribution in [0.1, 0.15) is 24.0 Å². The van der Waals surface area contributed by atoms with E-state index < -0.39 is 0 Å². The van der Waals surface area contributed by atoms with Crippen molar-refractivity contribution in [1.82, 2.24) is 10.2 Å². The average Bonchev–Trinajstić information content (AvgIpc) is 3.46. The molecular weight excluding hydrogens is 347 g/mol. The average molecular weight is 368 g/mol. The summed E-state index contributed by atoms with van der Waals surface area (Å²) in [5.74, 6) is 0.0703. The number of hydrogen-bond donors (Lipinski definition) is 1. The van der Waals surface area contributed by atoms with Gasteiger partial charge in [0, 0.05) is 19.2 Å². The molecule has 2 aromatic carbocycles. The summed E-state index contributed by atoms with van der Waals surface area (Å²) in [6.07, 6.45) is 5.48. The molecule has 0 atom stereocenters. The predicted octanol–water partition coefficient (Wildman–Crippen LogP) is 4.15. The largest absolute Gasteiger partial charge is 0.344 e. The van der Waals surface area contributed by atoms with Gasteiger partial charge in [-0.1, -0.05) is 42.5 Å². The van der Waals surface area contributed by atoms with Crippen LogP contribution < -0.4 is 5.32 Å². The summed E-state index contributed by atoms with van der Waals surface area (Å²) in [5, 5.41) is 3.21. The Kier molecular flexibility index (Phi) is 6.12. The first-order valence-corrected chi connectivity index (χ1v) is 9.08. The molecule has 0 aromatic heterocycles. The molecular formula is C21H21FN2OS. The van der Waals surface area contributed by atoms with Crippen molar-refractivity contribution in [3.63, 3.8) is 0 Å². The standard InChI is InChI=1S/C21H21FN2OS/c22-19-11-8-16(9-12-19)10-13-20(25)23-21(26)24(15-18-6-7-18)14-17-4-2-1-3-5-17/h1-5,8-13,18H,6-7,14-15H2,(H,23,25,26)/b13-10+. The second kappa shape index (κ2) is 8.72. The van der Waals surface area contributed by atoms with Crippen LogP contribution in [-0.4, -0.2) is 22.5 Å². The van der Waals surface area contributed by atoms with Crippen LogP contribution in [0.4, 0.5) is 4.39 Å². The first-order chi connectivity index (χ1) is 12.6. The van der Waals surface area contributed by atoms with E-state index in [1.807, 2.05) is 23.1 Å². The van der Waals surface area contributed by atoms with E-state index in [0.29, 0.717) is 17.6 Å². The molecule has 3 rings (SSSR count). The molecule has 1 amide bonds. The predicted molar refractivity (Wildman–Crippen MR) is 106 cm³/mol. The number of thiocarbonyl (C=S) groups is 1. The summed E-state index contributed by atoms with van der Waals surface area (Å²) in [7, 11) is 0. The quantitative estimate of drug-likeness (QED) is 0.614. The first kappa shape index (κ1) is 18.3. The number of carbonyl (C=O) groups is 1. The zero-order chi connectivity index (χ0) is 18.4. The number of halogens is 1. The van der Waals surface area contributed by atoms with Gasteiger partial charge in [0.15, 0.2) is 5.11 Å². The molecule has 0 radical (unpaired) electrons. The van der Waals surface area contributed by atoms with Gasteiger partial charge in [0.1, 0.15) is 5.82 Å². The van der Waals surface area contributed by atoms with Gasteiger partial charge in [-0.2, -0.15) is 0 Å². The minimum Gasteiger partial charge on any atom is -0.344 e. The van der Waals surface area contributed by atoms with Crippen LogP contribution >= 0.6 is 12.2 Å². The van der Waals surface area contributed by atoms with E-state index in [9.17, 15) is 9.18 Å². The van der Waals surface area contributed by atoms with Crippen molar-refractivity contribution in [2.24, 2.45) is 5.92 Å². The highest BCUT2D eigenvalue weighted by Crippen LogP contribution is 2.30. The number of nitrogens with zero attached hydrogens (tertiary/aromatic N) is 1. The molecule has 0 saturated heterocycles. The van der Waals surface area contributed by atoms with Gasteiger partial charge in [-0.3, -0.25) is 10.1 Å². The Morgan fingerprint density at radius 1 is 1.15 bits per heavy atom.